The summed E-state index contributed by atoms with van der Waals surface area (Å²) in [6.45, 7) is 3.20. The first-order chi connectivity index (χ1) is 9.38. The quantitative estimate of drug-likeness (QED) is 0.910. The second-order valence-corrected chi connectivity index (χ2v) is 8.09. The summed E-state index contributed by atoms with van der Waals surface area (Å²) in [7, 11) is -0.985. The smallest absolute Gasteiger partial charge is 0.152 e. The van der Waals surface area contributed by atoms with E-state index < -0.39 is 15.4 Å². The van der Waals surface area contributed by atoms with Crippen LogP contribution in [0.2, 0.25) is 0 Å². The summed E-state index contributed by atoms with van der Waals surface area (Å²) in [5.41, 5.74) is 7.98. The van der Waals surface area contributed by atoms with E-state index in [1.165, 1.54) is 11.1 Å². The number of hydrogen-bond acceptors (Lipinski definition) is 4. The van der Waals surface area contributed by atoms with E-state index in [2.05, 4.69) is 24.0 Å². The van der Waals surface area contributed by atoms with Crippen LogP contribution in [0.5, 0.6) is 0 Å². The molecule has 0 aliphatic carbocycles. The Morgan fingerprint density at radius 3 is 2.65 bits per heavy atom. The lowest BCUT2D eigenvalue weighted by molar-refractivity contribution is 0.124. The van der Waals surface area contributed by atoms with Gasteiger partial charge in [-0.05, 0) is 37.9 Å². The molecule has 0 aromatic heterocycles. The van der Waals surface area contributed by atoms with Gasteiger partial charge in [-0.1, -0.05) is 24.3 Å². The van der Waals surface area contributed by atoms with Crippen molar-refractivity contribution in [1.82, 2.24) is 4.90 Å². The summed E-state index contributed by atoms with van der Waals surface area (Å²) < 4.78 is 23.9. The number of aryl methyl sites for hydroxylation is 1. The van der Waals surface area contributed by atoms with Gasteiger partial charge in [-0.2, -0.15) is 0 Å². The Bertz CT molecular complexity index is 571. The zero-order valence-corrected chi connectivity index (χ0v) is 13.1. The predicted molar refractivity (Wildman–Crippen MR) is 82.3 cm³/mol. The summed E-state index contributed by atoms with van der Waals surface area (Å²) in [5, 5.41) is 0. The molecule has 1 fully saturated rings. The molecule has 1 aliphatic rings. The molecule has 0 radical (unpaired) electrons. The Morgan fingerprint density at radius 1 is 1.35 bits per heavy atom. The molecule has 20 heavy (non-hydrogen) atoms. The third kappa shape index (κ3) is 3.22. The lowest BCUT2D eigenvalue weighted by Crippen LogP contribution is -2.58. The third-order valence-electron chi connectivity index (χ3n) is 4.44. The molecule has 0 spiro atoms. The monoisotopic (exact) mass is 296 g/mol. The van der Waals surface area contributed by atoms with Gasteiger partial charge in [0.05, 0.1) is 11.5 Å². The number of nitrogens with two attached hydrogens (primary N) is 1. The van der Waals surface area contributed by atoms with Gasteiger partial charge in [0.2, 0.25) is 0 Å². The topological polar surface area (TPSA) is 63.4 Å². The largest absolute Gasteiger partial charge is 0.329 e. The lowest BCUT2D eigenvalue weighted by atomic mass is 9.92. The van der Waals surface area contributed by atoms with Crippen molar-refractivity contribution in [3.63, 3.8) is 0 Å². The first-order valence-electron chi connectivity index (χ1n) is 7.05. The van der Waals surface area contributed by atoms with Gasteiger partial charge >= 0.3 is 0 Å². The highest BCUT2D eigenvalue weighted by Gasteiger charge is 2.41. The second kappa shape index (κ2) is 5.84. The normalized spacial score (nSPS) is 25.8. The summed E-state index contributed by atoms with van der Waals surface area (Å²) in [6, 6.07) is 8.20. The Kier molecular flexibility index (Phi) is 4.52. The number of nitrogens with zero attached hydrogens (tertiary/aromatic N) is 1. The molecule has 0 bridgehead atoms. The number of sulfone groups is 1. The van der Waals surface area contributed by atoms with Gasteiger partial charge in [-0.15, -0.1) is 0 Å². The number of likely N-dealkylation sites (N-methyl/N-ethyl adjacent to an activating group) is 1. The molecule has 1 heterocycles. The highest BCUT2D eigenvalue weighted by molar-refractivity contribution is 7.91. The molecule has 1 saturated heterocycles. The van der Waals surface area contributed by atoms with Crippen LogP contribution in [0.25, 0.3) is 0 Å². The third-order valence-corrected chi connectivity index (χ3v) is 6.33. The van der Waals surface area contributed by atoms with E-state index in [4.69, 9.17) is 5.73 Å². The molecule has 1 aliphatic heterocycles. The Hall–Kier alpha value is -0.910. The summed E-state index contributed by atoms with van der Waals surface area (Å²) in [4.78, 5) is 2.13. The fourth-order valence-corrected chi connectivity index (χ4v) is 5.03. The van der Waals surface area contributed by atoms with Crippen LogP contribution in [0.15, 0.2) is 24.3 Å². The average Bonchev–Trinajstić information content (AvgIpc) is 2.40. The van der Waals surface area contributed by atoms with Gasteiger partial charge < -0.3 is 5.73 Å². The number of hydrogen-bond donors (Lipinski definition) is 1. The van der Waals surface area contributed by atoms with Crippen molar-refractivity contribution in [2.45, 2.75) is 31.8 Å². The fourth-order valence-electron chi connectivity index (χ4n) is 3.00. The molecule has 5 heteroatoms. The highest BCUT2D eigenvalue weighted by atomic mass is 32.2. The van der Waals surface area contributed by atoms with Crippen molar-refractivity contribution in [2.75, 3.05) is 25.1 Å². The minimum absolute atomic E-state index is 0.179. The Morgan fingerprint density at radius 2 is 2.05 bits per heavy atom. The molecule has 0 amide bonds. The SMILES string of the molecule is Cc1ccccc1CN(C)C1(CN)CCCS(=O)(=O)C1. The van der Waals surface area contributed by atoms with Crippen molar-refractivity contribution in [2.24, 2.45) is 5.73 Å². The average molecular weight is 296 g/mol. The van der Waals surface area contributed by atoms with E-state index in [1.807, 2.05) is 19.2 Å². The molecule has 1 aromatic rings. The lowest BCUT2D eigenvalue weighted by Gasteiger charge is -2.43. The van der Waals surface area contributed by atoms with Gasteiger partial charge in [0, 0.05) is 18.6 Å². The van der Waals surface area contributed by atoms with E-state index in [1.54, 1.807) is 0 Å². The maximum atomic E-state index is 12.0. The molecule has 2 N–H and O–H groups in total. The van der Waals surface area contributed by atoms with E-state index in [9.17, 15) is 8.42 Å². The molecule has 1 atom stereocenters. The highest BCUT2D eigenvalue weighted by Crippen LogP contribution is 2.29. The van der Waals surface area contributed by atoms with Crippen molar-refractivity contribution >= 4 is 9.84 Å². The number of benzene rings is 1. The van der Waals surface area contributed by atoms with E-state index in [-0.39, 0.29) is 5.75 Å². The van der Waals surface area contributed by atoms with Crippen LogP contribution in [0.4, 0.5) is 0 Å². The molecular weight excluding hydrogens is 272 g/mol. The van der Waals surface area contributed by atoms with Gasteiger partial charge in [-0.3, -0.25) is 4.90 Å². The zero-order valence-electron chi connectivity index (χ0n) is 12.3. The summed E-state index contributed by atoms with van der Waals surface area (Å²) >= 11 is 0. The van der Waals surface area contributed by atoms with Gasteiger partial charge in [-0.25, -0.2) is 8.42 Å². The van der Waals surface area contributed by atoms with Gasteiger partial charge in [0.15, 0.2) is 9.84 Å². The molecule has 1 aromatic carbocycles. The maximum absolute atomic E-state index is 12.0. The van der Waals surface area contributed by atoms with Crippen molar-refractivity contribution in [3.05, 3.63) is 35.4 Å². The summed E-state index contributed by atoms with van der Waals surface area (Å²) in [6.07, 6.45) is 1.56. The van der Waals surface area contributed by atoms with Crippen LogP contribution >= 0.6 is 0 Å². The van der Waals surface area contributed by atoms with Gasteiger partial charge in [0.1, 0.15) is 0 Å². The molecule has 112 valence electrons. The van der Waals surface area contributed by atoms with Crippen LogP contribution in [-0.4, -0.2) is 44.0 Å². The predicted octanol–water partition coefficient (Wildman–Crippen LogP) is 1.33. The first kappa shape index (κ1) is 15.5. The molecule has 2 rings (SSSR count). The fraction of sp³-hybridized carbons (Fsp3) is 0.600. The first-order valence-corrected chi connectivity index (χ1v) is 8.87. The zero-order chi connectivity index (χ0) is 14.8. The Balaban J connectivity index is 2.21. The van der Waals surface area contributed by atoms with Crippen molar-refractivity contribution in [1.29, 1.82) is 0 Å². The maximum Gasteiger partial charge on any atom is 0.152 e. The van der Waals surface area contributed by atoms with Crippen molar-refractivity contribution < 1.29 is 8.42 Å². The van der Waals surface area contributed by atoms with Crippen LogP contribution in [0, 0.1) is 6.92 Å². The molecule has 0 saturated carbocycles. The number of rotatable bonds is 4. The van der Waals surface area contributed by atoms with E-state index in [0.717, 1.165) is 13.0 Å². The summed E-state index contributed by atoms with van der Waals surface area (Å²) in [5.74, 6) is 0.478. The van der Waals surface area contributed by atoms with Gasteiger partial charge in [0.25, 0.3) is 0 Å². The standard InChI is InChI=1S/C15H24N2O2S/c1-13-6-3-4-7-14(13)10-17(2)15(11-16)8-5-9-20(18,19)12-15/h3-4,6-7H,5,8-12,16H2,1-2H3. The van der Waals surface area contributed by atoms with E-state index >= 15 is 0 Å². The second-order valence-electron chi connectivity index (χ2n) is 5.91. The molecular formula is C15H24N2O2S. The minimum atomic E-state index is -2.97. The van der Waals surface area contributed by atoms with Crippen LogP contribution in [-0.2, 0) is 16.4 Å². The molecule has 1 unspecified atom stereocenters. The minimum Gasteiger partial charge on any atom is -0.329 e. The molecule has 4 nitrogen and oxygen atoms in total. The Labute approximate surface area is 121 Å². The van der Waals surface area contributed by atoms with E-state index in [0.29, 0.717) is 18.7 Å². The van der Waals surface area contributed by atoms with Crippen LogP contribution < -0.4 is 5.73 Å². The van der Waals surface area contributed by atoms with Crippen molar-refractivity contribution in [3.8, 4) is 0 Å². The van der Waals surface area contributed by atoms with Crippen LogP contribution in [0.3, 0.4) is 0 Å². The van der Waals surface area contributed by atoms with Crippen LogP contribution in [0.1, 0.15) is 24.0 Å².